The van der Waals surface area contributed by atoms with E-state index in [1.165, 1.54) is 12.8 Å². The summed E-state index contributed by atoms with van der Waals surface area (Å²) in [6.45, 7) is 13.9. The van der Waals surface area contributed by atoms with Gasteiger partial charge in [-0.15, -0.1) is 0 Å². The van der Waals surface area contributed by atoms with E-state index in [-0.39, 0.29) is 0 Å². The van der Waals surface area contributed by atoms with E-state index in [1.807, 2.05) is 6.92 Å². The first-order valence-corrected chi connectivity index (χ1v) is 5.35. The summed E-state index contributed by atoms with van der Waals surface area (Å²) >= 11 is 0. The van der Waals surface area contributed by atoms with Crippen LogP contribution in [0.3, 0.4) is 0 Å². The first kappa shape index (κ1) is 11.2. The third kappa shape index (κ3) is 2.32. The molecular formula is C13H21N. The number of allylic oxidation sites excluding steroid dienone is 1. The molecule has 0 bridgehead atoms. The second kappa shape index (κ2) is 4.09. The molecule has 0 aromatic heterocycles. The van der Waals surface area contributed by atoms with Gasteiger partial charge in [-0.05, 0) is 25.2 Å². The molecule has 0 aromatic rings. The van der Waals surface area contributed by atoms with E-state index in [0.29, 0.717) is 11.5 Å². The van der Waals surface area contributed by atoms with Crippen LogP contribution in [0, 0.1) is 17.3 Å². The summed E-state index contributed by atoms with van der Waals surface area (Å²) in [5.41, 5.74) is 1.32. The van der Waals surface area contributed by atoms with E-state index >= 15 is 0 Å². The van der Waals surface area contributed by atoms with Gasteiger partial charge in [0.2, 0.25) is 0 Å². The van der Waals surface area contributed by atoms with Crippen molar-refractivity contribution in [3.63, 3.8) is 0 Å². The van der Waals surface area contributed by atoms with Crippen molar-refractivity contribution in [2.45, 2.75) is 46.6 Å². The maximum absolute atomic E-state index is 4.04. The minimum absolute atomic E-state index is 0.328. The molecule has 1 unspecified atom stereocenters. The molecule has 0 spiro atoms. The lowest BCUT2D eigenvalue weighted by Gasteiger charge is -2.36. The molecule has 1 saturated heterocycles. The van der Waals surface area contributed by atoms with Gasteiger partial charge in [-0.3, -0.25) is 0 Å². The Bertz CT molecular complexity index is 272. The largest absolute Gasteiger partial charge is 0.362 e. The highest BCUT2D eigenvalue weighted by Gasteiger charge is 2.34. The van der Waals surface area contributed by atoms with Crippen LogP contribution in [0.5, 0.6) is 0 Å². The van der Waals surface area contributed by atoms with E-state index in [9.17, 15) is 0 Å². The highest BCUT2D eigenvalue weighted by molar-refractivity contribution is 5.25. The standard InChI is InChI=1S/C13H21N/c1-6-8-11(2)14-10-7-9-12(14)13(3,4)5/h12H,2,7,9-10H2,1,3-5H3. The molecule has 1 heterocycles. The van der Waals surface area contributed by atoms with Crippen molar-refractivity contribution in [1.29, 1.82) is 0 Å². The predicted octanol–water partition coefficient (Wildman–Crippen LogP) is 3.03. The van der Waals surface area contributed by atoms with Crippen LogP contribution in [0.4, 0.5) is 0 Å². The van der Waals surface area contributed by atoms with Gasteiger partial charge in [0.05, 0.1) is 5.70 Å². The molecule has 0 N–H and O–H groups in total. The van der Waals surface area contributed by atoms with Gasteiger partial charge in [-0.1, -0.05) is 39.2 Å². The first-order valence-electron chi connectivity index (χ1n) is 5.35. The normalized spacial score (nSPS) is 21.7. The smallest absolute Gasteiger partial charge is 0.0808 e. The zero-order valence-corrected chi connectivity index (χ0v) is 9.85. The quantitative estimate of drug-likeness (QED) is 0.576. The average Bonchev–Trinajstić information content (AvgIpc) is 2.50. The number of likely N-dealkylation sites (tertiary alicyclic amines) is 1. The van der Waals surface area contributed by atoms with Crippen molar-refractivity contribution in [2.24, 2.45) is 5.41 Å². The van der Waals surface area contributed by atoms with Crippen LogP contribution >= 0.6 is 0 Å². The van der Waals surface area contributed by atoms with Crippen molar-refractivity contribution < 1.29 is 0 Å². The zero-order valence-electron chi connectivity index (χ0n) is 9.85. The topological polar surface area (TPSA) is 3.24 Å². The second-order valence-corrected chi connectivity index (χ2v) is 5.04. The van der Waals surface area contributed by atoms with Crippen LogP contribution in [0.1, 0.15) is 40.5 Å². The Morgan fingerprint density at radius 3 is 2.57 bits per heavy atom. The molecule has 1 fully saturated rings. The van der Waals surface area contributed by atoms with Crippen LogP contribution in [0.15, 0.2) is 12.3 Å². The lowest BCUT2D eigenvalue weighted by molar-refractivity contribution is 0.181. The summed E-state index contributed by atoms with van der Waals surface area (Å²) in [6.07, 6.45) is 2.54. The maximum atomic E-state index is 4.04. The number of nitrogens with zero attached hydrogens (tertiary/aromatic N) is 1. The van der Waals surface area contributed by atoms with E-state index in [0.717, 1.165) is 12.2 Å². The average molecular weight is 191 g/mol. The molecule has 1 heteroatoms. The molecule has 1 rings (SSSR count). The number of rotatable bonds is 1. The Kier molecular flexibility index (Phi) is 3.26. The Labute approximate surface area is 88.2 Å². The van der Waals surface area contributed by atoms with Crippen molar-refractivity contribution in [1.82, 2.24) is 4.90 Å². The lowest BCUT2D eigenvalue weighted by atomic mass is 9.85. The number of hydrogen-bond donors (Lipinski definition) is 0. The molecular weight excluding hydrogens is 170 g/mol. The molecule has 0 aromatic carbocycles. The summed E-state index contributed by atoms with van der Waals surface area (Å²) < 4.78 is 0. The predicted molar refractivity (Wildman–Crippen MR) is 61.8 cm³/mol. The van der Waals surface area contributed by atoms with Crippen molar-refractivity contribution >= 4 is 0 Å². The molecule has 0 amide bonds. The molecule has 0 aliphatic carbocycles. The molecule has 0 radical (unpaired) electrons. The Morgan fingerprint density at radius 1 is 1.43 bits per heavy atom. The van der Waals surface area contributed by atoms with Crippen LogP contribution in [0.25, 0.3) is 0 Å². The molecule has 78 valence electrons. The lowest BCUT2D eigenvalue weighted by Crippen LogP contribution is -2.38. The van der Waals surface area contributed by atoms with Crippen molar-refractivity contribution in [2.75, 3.05) is 6.54 Å². The van der Waals surface area contributed by atoms with Gasteiger partial charge in [-0.2, -0.15) is 0 Å². The Hall–Kier alpha value is -0.900. The minimum atomic E-state index is 0.328. The van der Waals surface area contributed by atoms with Gasteiger partial charge in [-0.25, -0.2) is 0 Å². The third-order valence-corrected chi connectivity index (χ3v) is 2.87. The fourth-order valence-electron chi connectivity index (χ4n) is 2.21. The second-order valence-electron chi connectivity index (χ2n) is 5.04. The van der Waals surface area contributed by atoms with Gasteiger partial charge < -0.3 is 4.90 Å². The zero-order chi connectivity index (χ0) is 10.8. The third-order valence-electron chi connectivity index (χ3n) is 2.87. The van der Waals surface area contributed by atoms with E-state index in [4.69, 9.17) is 0 Å². The molecule has 1 aliphatic heterocycles. The molecule has 1 aliphatic rings. The van der Waals surface area contributed by atoms with E-state index in [1.54, 1.807) is 0 Å². The van der Waals surface area contributed by atoms with E-state index < -0.39 is 0 Å². The van der Waals surface area contributed by atoms with Gasteiger partial charge in [0.15, 0.2) is 0 Å². The van der Waals surface area contributed by atoms with Crippen LogP contribution in [-0.4, -0.2) is 17.5 Å². The van der Waals surface area contributed by atoms with Crippen molar-refractivity contribution in [3.05, 3.63) is 12.3 Å². The summed E-state index contributed by atoms with van der Waals surface area (Å²) in [6, 6.07) is 0.607. The molecule has 14 heavy (non-hydrogen) atoms. The van der Waals surface area contributed by atoms with Gasteiger partial charge in [0.1, 0.15) is 0 Å². The van der Waals surface area contributed by atoms with Crippen molar-refractivity contribution in [3.8, 4) is 11.8 Å². The molecule has 0 saturated carbocycles. The van der Waals surface area contributed by atoms with Crippen LogP contribution < -0.4 is 0 Å². The highest BCUT2D eigenvalue weighted by Crippen LogP contribution is 2.34. The monoisotopic (exact) mass is 191 g/mol. The fourth-order valence-corrected chi connectivity index (χ4v) is 2.21. The van der Waals surface area contributed by atoms with Crippen LogP contribution in [0.2, 0.25) is 0 Å². The van der Waals surface area contributed by atoms with Gasteiger partial charge >= 0.3 is 0 Å². The summed E-state index contributed by atoms with van der Waals surface area (Å²) in [5.74, 6) is 6.00. The summed E-state index contributed by atoms with van der Waals surface area (Å²) in [7, 11) is 0. The minimum Gasteiger partial charge on any atom is -0.362 e. The Morgan fingerprint density at radius 2 is 2.07 bits per heavy atom. The van der Waals surface area contributed by atoms with Gasteiger partial charge in [0.25, 0.3) is 0 Å². The summed E-state index contributed by atoms with van der Waals surface area (Å²) in [5, 5.41) is 0. The van der Waals surface area contributed by atoms with E-state index in [2.05, 4.69) is 44.1 Å². The molecule has 1 nitrogen and oxygen atoms in total. The molecule has 1 atom stereocenters. The van der Waals surface area contributed by atoms with Gasteiger partial charge in [0, 0.05) is 12.6 Å². The fraction of sp³-hybridized carbons (Fsp3) is 0.692. The highest BCUT2D eigenvalue weighted by atomic mass is 15.2. The Balaban J connectivity index is 2.77. The SMILES string of the molecule is C=C(C#CC)N1CCCC1C(C)(C)C. The number of hydrogen-bond acceptors (Lipinski definition) is 1. The van der Waals surface area contributed by atoms with Crippen LogP contribution in [-0.2, 0) is 0 Å². The maximum Gasteiger partial charge on any atom is 0.0808 e. The first-order chi connectivity index (χ1) is 6.46. The summed E-state index contributed by atoms with van der Waals surface area (Å²) in [4.78, 5) is 2.37.